The van der Waals surface area contributed by atoms with Crippen molar-refractivity contribution in [1.29, 1.82) is 0 Å². The van der Waals surface area contributed by atoms with Crippen molar-refractivity contribution >= 4 is 17.7 Å². The molecular formula is C12H18F2N2O2S. The fourth-order valence-corrected chi connectivity index (χ4v) is 2.31. The van der Waals surface area contributed by atoms with Crippen LogP contribution >= 0.6 is 11.8 Å². The Morgan fingerprint density at radius 2 is 2.26 bits per heavy atom. The first-order valence-corrected chi connectivity index (χ1v) is 7.20. The summed E-state index contributed by atoms with van der Waals surface area (Å²) in [7, 11) is 0. The maximum atomic E-state index is 12.3. The minimum atomic E-state index is -2.48. The van der Waals surface area contributed by atoms with Crippen molar-refractivity contribution in [1.82, 2.24) is 9.88 Å². The topological polar surface area (TPSA) is 54.3 Å². The highest BCUT2D eigenvalue weighted by atomic mass is 32.2. The average molecular weight is 292 g/mol. The number of thioether (sulfide) groups is 1. The molecule has 4 nitrogen and oxygen atoms in total. The largest absolute Gasteiger partial charge is 0.396 e. The minimum absolute atomic E-state index is 0.167. The number of halogens is 2. The normalized spacial score (nSPS) is 10.9. The van der Waals surface area contributed by atoms with Gasteiger partial charge in [-0.3, -0.25) is 4.79 Å². The first-order chi connectivity index (χ1) is 9.15. The van der Waals surface area contributed by atoms with E-state index >= 15 is 0 Å². The lowest BCUT2D eigenvalue weighted by Gasteiger charge is -2.09. The van der Waals surface area contributed by atoms with E-state index in [4.69, 9.17) is 5.11 Å². The summed E-state index contributed by atoms with van der Waals surface area (Å²) < 4.78 is 25.8. The Balaban J connectivity index is 2.31. The fourth-order valence-electron chi connectivity index (χ4n) is 1.52. The van der Waals surface area contributed by atoms with Crippen LogP contribution in [0.5, 0.6) is 0 Å². The van der Waals surface area contributed by atoms with E-state index in [9.17, 15) is 13.6 Å². The number of aromatic nitrogens is 1. The van der Waals surface area contributed by atoms with Crippen molar-refractivity contribution in [3.63, 3.8) is 0 Å². The zero-order valence-electron chi connectivity index (χ0n) is 10.5. The maximum absolute atomic E-state index is 12.3. The Hall–Kier alpha value is -1.08. The van der Waals surface area contributed by atoms with Crippen molar-refractivity contribution in [2.75, 3.05) is 24.7 Å². The van der Waals surface area contributed by atoms with E-state index in [1.165, 1.54) is 16.8 Å². The van der Waals surface area contributed by atoms with Gasteiger partial charge in [-0.05, 0) is 24.3 Å². The summed E-state index contributed by atoms with van der Waals surface area (Å²) in [4.78, 5) is 11.8. The van der Waals surface area contributed by atoms with E-state index < -0.39 is 13.0 Å². The Morgan fingerprint density at radius 1 is 1.47 bits per heavy atom. The molecule has 0 bridgehead atoms. The van der Waals surface area contributed by atoms with Gasteiger partial charge in [-0.2, -0.15) is 11.8 Å². The SMILES string of the molecule is O=C(NCCSCCCO)c1cccn1CC(F)F. The van der Waals surface area contributed by atoms with Gasteiger partial charge in [0.05, 0.1) is 6.54 Å². The molecule has 0 aliphatic heterocycles. The molecule has 1 aromatic heterocycles. The van der Waals surface area contributed by atoms with E-state index in [2.05, 4.69) is 5.32 Å². The number of hydrogen-bond donors (Lipinski definition) is 2. The van der Waals surface area contributed by atoms with Crippen molar-refractivity contribution in [3.05, 3.63) is 24.0 Å². The number of alkyl halides is 2. The van der Waals surface area contributed by atoms with E-state index in [-0.39, 0.29) is 18.2 Å². The van der Waals surface area contributed by atoms with Crippen LogP contribution in [0.3, 0.4) is 0 Å². The third kappa shape index (κ3) is 6.07. The number of carbonyl (C=O) groups excluding carboxylic acids is 1. The second-order valence-corrected chi connectivity index (χ2v) is 5.11. The number of aliphatic hydroxyl groups is 1. The van der Waals surface area contributed by atoms with Crippen LogP contribution < -0.4 is 5.32 Å². The van der Waals surface area contributed by atoms with Crippen molar-refractivity contribution in [2.45, 2.75) is 19.4 Å². The molecule has 0 aliphatic rings. The van der Waals surface area contributed by atoms with Crippen LogP contribution in [0.25, 0.3) is 0 Å². The standard InChI is InChI=1S/C12H18F2N2O2S/c13-11(14)9-16-5-1-3-10(16)12(18)15-4-8-19-7-2-6-17/h1,3,5,11,17H,2,4,6-9H2,(H,15,18). The van der Waals surface area contributed by atoms with Crippen molar-refractivity contribution in [3.8, 4) is 0 Å². The van der Waals surface area contributed by atoms with Gasteiger partial charge >= 0.3 is 0 Å². The van der Waals surface area contributed by atoms with E-state index in [0.29, 0.717) is 6.54 Å². The van der Waals surface area contributed by atoms with Gasteiger partial charge in [-0.15, -0.1) is 0 Å². The molecule has 0 fully saturated rings. The van der Waals surface area contributed by atoms with Crippen LogP contribution in [0.15, 0.2) is 18.3 Å². The Morgan fingerprint density at radius 3 is 2.95 bits per heavy atom. The highest BCUT2D eigenvalue weighted by Gasteiger charge is 2.13. The number of carbonyl (C=O) groups is 1. The molecule has 0 unspecified atom stereocenters. The summed E-state index contributed by atoms with van der Waals surface area (Å²) in [5.74, 6) is 1.24. The molecule has 0 saturated heterocycles. The molecule has 0 spiro atoms. The third-order valence-corrected chi connectivity index (χ3v) is 3.45. The van der Waals surface area contributed by atoms with Gasteiger partial charge in [0.25, 0.3) is 12.3 Å². The number of nitrogens with zero attached hydrogens (tertiary/aromatic N) is 1. The Labute approximate surface area is 115 Å². The lowest BCUT2D eigenvalue weighted by molar-refractivity contribution is 0.0933. The molecule has 0 saturated carbocycles. The second kappa shape index (κ2) is 8.92. The molecule has 7 heteroatoms. The lowest BCUT2D eigenvalue weighted by Crippen LogP contribution is -2.28. The van der Waals surface area contributed by atoms with E-state index in [0.717, 1.165) is 17.9 Å². The Bertz CT molecular complexity index is 386. The molecule has 19 heavy (non-hydrogen) atoms. The van der Waals surface area contributed by atoms with Crippen LogP contribution in [0.2, 0.25) is 0 Å². The lowest BCUT2D eigenvalue weighted by atomic mass is 10.4. The zero-order chi connectivity index (χ0) is 14.1. The first kappa shape index (κ1) is 16.0. The summed E-state index contributed by atoms with van der Waals surface area (Å²) in [5, 5.41) is 11.3. The highest BCUT2D eigenvalue weighted by molar-refractivity contribution is 7.99. The molecule has 1 aromatic rings. The molecule has 0 aromatic carbocycles. The number of rotatable bonds is 9. The first-order valence-electron chi connectivity index (χ1n) is 6.05. The van der Waals surface area contributed by atoms with Gasteiger partial charge in [0.2, 0.25) is 0 Å². The smallest absolute Gasteiger partial charge is 0.267 e. The Kier molecular flexibility index (Phi) is 7.50. The number of aliphatic hydroxyl groups excluding tert-OH is 1. The van der Waals surface area contributed by atoms with E-state index in [1.54, 1.807) is 17.8 Å². The van der Waals surface area contributed by atoms with Crippen LogP contribution in [0.1, 0.15) is 16.9 Å². The molecule has 0 atom stereocenters. The highest BCUT2D eigenvalue weighted by Crippen LogP contribution is 2.06. The molecule has 1 heterocycles. The average Bonchev–Trinajstić information content (AvgIpc) is 2.80. The monoisotopic (exact) mass is 292 g/mol. The number of nitrogens with one attached hydrogen (secondary N) is 1. The predicted octanol–water partition coefficient (Wildman–Crippen LogP) is 1.60. The van der Waals surface area contributed by atoms with E-state index in [1.807, 2.05) is 0 Å². The third-order valence-electron chi connectivity index (χ3n) is 2.38. The van der Waals surface area contributed by atoms with Gasteiger partial charge in [0.15, 0.2) is 0 Å². The summed E-state index contributed by atoms with van der Waals surface area (Å²) >= 11 is 1.63. The summed E-state index contributed by atoms with van der Waals surface area (Å²) in [6.07, 6.45) is -0.277. The van der Waals surface area contributed by atoms with Crippen LogP contribution in [-0.4, -0.2) is 46.7 Å². The van der Waals surface area contributed by atoms with Crippen LogP contribution in [0, 0.1) is 0 Å². The molecule has 1 amide bonds. The number of hydrogen-bond acceptors (Lipinski definition) is 3. The maximum Gasteiger partial charge on any atom is 0.267 e. The molecule has 2 N–H and O–H groups in total. The number of amides is 1. The summed E-state index contributed by atoms with van der Waals surface area (Å²) in [6.45, 7) is 0.177. The van der Waals surface area contributed by atoms with Crippen LogP contribution in [0.4, 0.5) is 8.78 Å². The molecule has 0 radical (unpaired) electrons. The van der Waals surface area contributed by atoms with Gasteiger partial charge in [-0.25, -0.2) is 8.78 Å². The van der Waals surface area contributed by atoms with Gasteiger partial charge in [0, 0.05) is 25.1 Å². The second-order valence-electron chi connectivity index (χ2n) is 3.88. The summed E-state index contributed by atoms with van der Waals surface area (Å²) in [6, 6.07) is 3.10. The predicted molar refractivity (Wildman–Crippen MR) is 71.8 cm³/mol. The minimum Gasteiger partial charge on any atom is -0.396 e. The summed E-state index contributed by atoms with van der Waals surface area (Å²) in [5.41, 5.74) is 0.251. The van der Waals surface area contributed by atoms with Gasteiger partial charge in [-0.1, -0.05) is 0 Å². The van der Waals surface area contributed by atoms with Crippen molar-refractivity contribution < 1.29 is 18.7 Å². The molecule has 1 rings (SSSR count). The molecule has 108 valence electrons. The van der Waals surface area contributed by atoms with Gasteiger partial charge in [0.1, 0.15) is 5.69 Å². The zero-order valence-corrected chi connectivity index (χ0v) is 11.3. The van der Waals surface area contributed by atoms with Crippen LogP contribution in [-0.2, 0) is 6.54 Å². The molecule has 0 aliphatic carbocycles. The molecular weight excluding hydrogens is 274 g/mol. The quantitative estimate of drug-likeness (QED) is 0.680. The fraction of sp³-hybridized carbons (Fsp3) is 0.583. The van der Waals surface area contributed by atoms with Crippen molar-refractivity contribution in [2.24, 2.45) is 0 Å². The van der Waals surface area contributed by atoms with Gasteiger partial charge < -0.3 is 15.0 Å².